The minimum absolute atomic E-state index is 0.0980. The first kappa shape index (κ1) is 38.2. The predicted molar refractivity (Wildman–Crippen MR) is 201 cm³/mol. The second-order valence-corrected chi connectivity index (χ2v) is 14.9. The van der Waals surface area contributed by atoms with Gasteiger partial charge in [-0.2, -0.15) is 32.1 Å². The number of benzene rings is 2. The average molecular weight is 830 g/mol. The average Bonchev–Trinajstić information content (AvgIpc) is 3.97. The standard InChI is InChI=1S/C36H30F7N11OS2/c1-53-29-20(4-3-5-21(29)32(51-53)52-56-2)23-14-25-33(49-34(57-25)46-15-26-44-8-9-45-26)48-28(23)24(12-17-10-18(37)13-19(38)11-17)47-27(55)16-54-31-22(6-7-35(31,39)40)30(50-54)36(41,42)43/h3-5,8-11,13-14,24H,6-7,12,15-16H2,1-2H3,(H,44,45)(H,47,55)(H,51,52)(H,46,48,49). The van der Waals surface area contributed by atoms with Crippen LogP contribution in [0.3, 0.4) is 0 Å². The van der Waals surface area contributed by atoms with Crippen molar-refractivity contribution in [2.45, 2.75) is 50.5 Å². The lowest BCUT2D eigenvalue weighted by atomic mass is 9.94. The second kappa shape index (κ2) is 14.7. The molecule has 1 unspecified atom stereocenters. The van der Waals surface area contributed by atoms with Crippen LogP contribution < -0.4 is 15.4 Å². The molecule has 0 fully saturated rings. The number of carbonyl (C=O) groups is 1. The molecule has 0 bridgehead atoms. The van der Waals surface area contributed by atoms with Crippen LogP contribution in [0, 0.1) is 11.6 Å². The first-order valence-corrected chi connectivity index (χ1v) is 19.3. The Morgan fingerprint density at radius 3 is 2.60 bits per heavy atom. The second-order valence-electron chi connectivity index (χ2n) is 13.3. The summed E-state index contributed by atoms with van der Waals surface area (Å²) in [6.07, 6.45) is -1.64. The minimum atomic E-state index is -5.04. The largest absolute Gasteiger partial charge is 0.435 e. The van der Waals surface area contributed by atoms with Crippen LogP contribution in [0.5, 0.6) is 0 Å². The van der Waals surface area contributed by atoms with E-state index in [9.17, 15) is 26.7 Å². The first-order chi connectivity index (χ1) is 27.2. The van der Waals surface area contributed by atoms with E-state index < -0.39 is 72.0 Å². The van der Waals surface area contributed by atoms with E-state index in [1.165, 1.54) is 23.3 Å². The van der Waals surface area contributed by atoms with E-state index in [0.717, 1.165) is 17.5 Å². The predicted octanol–water partition coefficient (Wildman–Crippen LogP) is 7.90. The summed E-state index contributed by atoms with van der Waals surface area (Å²) in [4.78, 5) is 30.7. The third-order valence-corrected chi connectivity index (χ3v) is 10.7. The highest BCUT2D eigenvalue weighted by Crippen LogP contribution is 2.46. The highest BCUT2D eigenvalue weighted by Gasteiger charge is 2.50. The number of fused-ring (bicyclic) bond motifs is 3. The number of hydrogen-bond donors (Lipinski definition) is 4. The Morgan fingerprint density at radius 2 is 1.88 bits per heavy atom. The van der Waals surface area contributed by atoms with Gasteiger partial charge in [0, 0.05) is 60.3 Å². The van der Waals surface area contributed by atoms with E-state index in [1.807, 2.05) is 18.4 Å². The van der Waals surface area contributed by atoms with E-state index in [0.29, 0.717) is 55.4 Å². The molecule has 1 aliphatic rings. The molecular formula is C36H30F7N11OS2. The Bertz CT molecular complexity index is 2620. The molecule has 8 rings (SSSR count). The minimum Gasteiger partial charge on any atom is -0.354 e. The zero-order chi connectivity index (χ0) is 40.2. The van der Waals surface area contributed by atoms with Crippen molar-refractivity contribution in [3.8, 4) is 11.1 Å². The summed E-state index contributed by atoms with van der Waals surface area (Å²) in [5.41, 5.74) is -0.901. The Kier molecular flexibility index (Phi) is 9.83. The van der Waals surface area contributed by atoms with Crippen LogP contribution in [0.25, 0.3) is 32.4 Å². The maximum Gasteiger partial charge on any atom is 0.435 e. The van der Waals surface area contributed by atoms with Crippen LogP contribution in [-0.4, -0.2) is 51.7 Å². The number of aromatic nitrogens is 8. The fourth-order valence-electron chi connectivity index (χ4n) is 7.16. The molecule has 1 amide bonds. The summed E-state index contributed by atoms with van der Waals surface area (Å²) in [7, 11) is 1.74. The molecule has 296 valence electrons. The van der Waals surface area contributed by atoms with E-state index in [1.54, 1.807) is 36.3 Å². The van der Waals surface area contributed by atoms with Crippen LogP contribution in [0.4, 0.5) is 41.7 Å². The molecule has 0 saturated heterocycles. The summed E-state index contributed by atoms with van der Waals surface area (Å²) >= 11 is 2.62. The number of aromatic amines is 1. The number of aryl methyl sites for hydroxylation is 1. The molecule has 2 aromatic carbocycles. The van der Waals surface area contributed by atoms with E-state index in [4.69, 9.17) is 4.98 Å². The van der Waals surface area contributed by atoms with Gasteiger partial charge in [0.25, 0.3) is 5.92 Å². The molecule has 5 aromatic heterocycles. The molecular weight excluding hydrogens is 800 g/mol. The summed E-state index contributed by atoms with van der Waals surface area (Å²) in [6.45, 7) is -0.708. The van der Waals surface area contributed by atoms with Crippen molar-refractivity contribution in [1.29, 1.82) is 0 Å². The van der Waals surface area contributed by atoms with Gasteiger partial charge in [0.1, 0.15) is 29.7 Å². The van der Waals surface area contributed by atoms with Crippen molar-refractivity contribution < 1.29 is 35.5 Å². The number of para-hydroxylation sites is 1. The number of alkyl halides is 5. The molecule has 0 saturated carbocycles. The third-order valence-electron chi connectivity index (χ3n) is 9.40. The van der Waals surface area contributed by atoms with Gasteiger partial charge >= 0.3 is 6.18 Å². The molecule has 12 nitrogen and oxygen atoms in total. The third kappa shape index (κ3) is 7.47. The van der Waals surface area contributed by atoms with Crippen LogP contribution in [0.2, 0.25) is 0 Å². The van der Waals surface area contributed by atoms with Gasteiger partial charge in [-0.05, 0) is 42.7 Å². The van der Waals surface area contributed by atoms with Gasteiger partial charge in [0.15, 0.2) is 22.3 Å². The number of hydrogen-bond acceptors (Lipinski definition) is 10. The summed E-state index contributed by atoms with van der Waals surface area (Å²) in [5, 5.41) is 15.2. The van der Waals surface area contributed by atoms with E-state index >= 15 is 8.78 Å². The highest BCUT2D eigenvalue weighted by molar-refractivity contribution is 7.99. The van der Waals surface area contributed by atoms with Gasteiger partial charge in [-0.1, -0.05) is 35.4 Å². The van der Waals surface area contributed by atoms with Gasteiger partial charge in [0.2, 0.25) is 5.91 Å². The Hall–Kier alpha value is -5.70. The zero-order valence-corrected chi connectivity index (χ0v) is 31.4. The lowest BCUT2D eigenvalue weighted by Gasteiger charge is -2.23. The topological polar surface area (TPSA) is 143 Å². The van der Waals surface area contributed by atoms with Gasteiger partial charge < -0.3 is 20.3 Å². The maximum atomic E-state index is 15.0. The van der Waals surface area contributed by atoms with E-state index in [2.05, 4.69) is 40.5 Å². The van der Waals surface area contributed by atoms with Crippen LogP contribution in [0.1, 0.15) is 46.5 Å². The van der Waals surface area contributed by atoms with Crippen LogP contribution >= 0.6 is 23.3 Å². The number of pyridine rings is 1. The first-order valence-electron chi connectivity index (χ1n) is 17.3. The number of rotatable bonds is 12. The molecule has 4 N–H and O–H groups in total. The van der Waals surface area contributed by atoms with E-state index in [-0.39, 0.29) is 23.3 Å². The molecule has 0 spiro atoms. The number of nitrogens with one attached hydrogen (secondary N) is 4. The highest BCUT2D eigenvalue weighted by atomic mass is 32.2. The number of anilines is 2. The molecule has 0 aliphatic heterocycles. The zero-order valence-electron chi connectivity index (χ0n) is 29.8. The van der Waals surface area contributed by atoms with Gasteiger partial charge in [-0.25, -0.2) is 23.7 Å². The normalized spacial score (nSPS) is 14.3. The lowest BCUT2D eigenvalue weighted by molar-refractivity contribution is -0.142. The lowest BCUT2D eigenvalue weighted by Crippen LogP contribution is -2.35. The Balaban J connectivity index is 1.27. The molecule has 0 radical (unpaired) electrons. The van der Waals surface area contributed by atoms with Crippen LogP contribution in [-0.2, 0) is 49.9 Å². The molecule has 5 heterocycles. The summed E-state index contributed by atoms with van der Waals surface area (Å²) in [5.74, 6) is -5.24. The van der Waals surface area contributed by atoms with Crippen molar-refractivity contribution in [1.82, 2.24) is 44.8 Å². The molecule has 1 aliphatic carbocycles. The Morgan fingerprint density at radius 1 is 1.09 bits per heavy atom. The quantitative estimate of drug-likeness (QED) is 0.0714. The number of thiazole rings is 1. The smallest absolute Gasteiger partial charge is 0.354 e. The molecule has 21 heteroatoms. The number of nitrogens with zero attached hydrogens (tertiary/aromatic N) is 7. The number of imidazole rings is 1. The molecule has 57 heavy (non-hydrogen) atoms. The van der Waals surface area contributed by atoms with Crippen molar-refractivity contribution in [2.75, 3.05) is 16.3 Å². The number of carbonyl (C=O) groups excluding carboxylic acids is 1. The molecule has 7 aromatic rings. The fraction of sp³-hybridized carbons (Fsp3) is 0.278. The SMILES string of the molecule is CSNc1nn(C)c2c(-c3cc4sc(NCc5ncc[nH]5)nc4nc3C(Cc3cc(F)cc(F)c3)NC(=O)Cn3nc(C(F)(F)F)c4c3C(F)(F)CC4)cccc12. The van der Waals surface area contributed by atoms with Crippen LogP contribution in [0.15, 0.2) is 54.9 Å². The van der Waals surface area contributed by atoms with Gasteiger partial charge in [0.05, 0.1) is 28.5 Å². The summed E-state index contributed by atoms with van der Waals surface area (Å²) < 4.78 is 107. The number of amides is 1. The maximum absolute atomic E-state index is 15.0. The summed E-state index contributed by atoms with van der Waals surface area (Å²) in [6, 6.07) is 8.86. The number of halogens is 7. The van der Waals surface area contributed by atoms with Gasteiger partial charge in [-0.3, -0.25) is 14.2 Å². The molecule has 1 atom stereocenters. The van der Waals surface area contributed by atoms with Crippen molar-refractivity contribution in [3.63, 3.8) is 0 Å². The van der Waals surface area contributed by atoms with Gasteiger partial charge in [-0.15, -0.1) is 0 Å². The van der Waals surface area contributed by atoms with Crippen molar-refractivity contribution >= 4 is 61.4 Å². The number of H-pyrrole nitrogens is 1. The Labute approximate surface area is 326 Å². The fourth-order valence-corrected chi connectivity index (χ4v) is 8.35. The van der Waals surface area contributed by atoms with Crippen molar-refractivity contribution in [3.05, 3.63) is 101 Å². The van der Waals surface area contributed by atoms with Crippen molar-refractivity contribution in [2.24, 2.45) is 7.05 Å². The monoisotopic (exact) mass is 829 g/mol.